The minimum absolute atomic E-state index is 0.104. The molecule has 152 valence electrons. The molecule has 1 N–H and O–H groups in total. The summed E-state index contributed by atoms with van der Waals surface area (Å²) in [6, 6.07) is 17.7. The molecular formula is C25H25N3O2. The normalized spacial score (nSPS) is 12.5. The van der Waals surface area contributed by atoms with Crippen LogP contribution in [0.5, 0.6) is 0 Å². The van der Waals surface area contributed by atoms with E-state index in [9.17, 15) is 9.59 Å². The van der Waals surface area contributed by atoms with Gasteiger partial charge in [-0.3, -0.25) is 14.6 Å². The predicted molar refractivity (Wildman–Crippen MR) is 118 cm³/mol. The van der Waals surface area contributed by atoms with Crippen LogP contribution in [0.2, 0.25) is 0 Å². The van der Waals surface area contributed by atoms with Crippen molar-refractivity contribution in [1.29, 1.82) is 0 Å². The molecule has 0 bridgehead atoms. The predicted octanol–water partition coefficient (Wildman–Crippen LogP) is 4.29. The van der Waals surface area contributed by atoms with Gasteiger partial charge in [-0.25, -0.2) is 0 Å². The summed E-state index contributed by atoms with van der Waals surface area (Å²) < 4.78 is 0. The van der Waals surface area contributed by atoms with E-state index in [1.165, 1.54) is 5.56 Å². The number of amides is 2. The fraction of sp³-hybridized carbons (Fsp3) is 0.240. The van der Waals surface area contributed by atoms with E-state index >= 15 is 0 Å². The van der Waals surface area contributed by atoms with E-state index in [-0.39, 0.29) is 11.8 Å². The molecule has 2 aromatic carbocycles. The van der Waals surface area contributed by atoms with Crippen LogP contribution in [0.1, 0.15) is 40.5 Å². The number of hydrogen-bond donors (Lipinski definition) is 1. The number of rotatable bonds is 5. The zero-order valence-electron chi connectivity index (χ0n) is 17.3. The van der Waals surface area contributed by atoms with Crippen molar-refractivity contribution >= 4 is 17.5 Å². The third-order valence-electron chi connectivity index (χ3n) is 5.61. The Labute approximate surface area is 176 Å². The maximum Gasteiger partial charge on any atom is 0.251 e. The summed E-state index contributed by atoms with van der Waals surface area (Å²) in [6.07, 6.45) is 3.14. The number of carbonyl (C=O) groups is 2. The molecule has 0 radical (unpaired) electrons. The van der Waals surface area contributed by atoms with E-state index in [2.05, 4.69) is 16.4 Å². The summed E-state index contributed by atoms with van der Waals surface area (Å²) in [4.78, 5) is 30.7. The number of hydrogen-bond acceptors (Lipinski definition) is 3. The van der Waals surface area contributed by atoms with Gasteiger partial charge in [0.05, 0.1) is 0 Å². The molecule has 5 heteroatoms. The van der Waals surface area contributed by atoms with E-state index in [1.54, 1.807) is 6.20 Å². The van der Waals surface area contributed by atoms with Crippen LogP contribution < -0.4 is 10.2 Å². The summed E-state index contributed by atoms with van der Waals surface area (Å²) in [5, 5.41) is 2.95. The SMILES string of the molecule is CCC(=O)N1CCc2cc(-c3ccc(C(=O)NCc4cccnc4C)cc3)ccc21. The molecule has 1 aliphatic heterocycles. The highest BCUT2D eigenvalue weighted by atomic mass is 16.2. The molecule has 0 fully saturated rings. The number of carbonyl (C=O) groups excluding carboxylic acids is 2. The summed E-state index contributed by atoms with van der Waals surface area (Å²) in [5.41, 5.74) is 6.92. The van der Waals surface area contributed by atoms with Gasteiger partial charge in [-0.1, -0.05) is 31.2 Å². The molecule has 0 spiro atoms. The van der Waals surface area contributed by atoms with Gasteiger partial charge in [0.15, 0.2) is 0 Å². The van der Waals surface area contributed by atoms with Gasteiger partial charge in [0, 0.05) is 42.7 Å². The number of fused-ring (bicyclic) bond motifs is 1. The number of nitrogens with zero attached hydrogens (tertiary/aromatic N) is 2. The number of aryl methyl sites for hydroxylation is 1. The van der Waals surface area contributed by atoms with Crippen LogP contribution in [0.15, 0.2) is 60.8 Å². The van der Waals surface area contributed by atoms with Crippen LogP contribution >= 0.6 is 0 Å². The zero-order valence-corrected chi connectivity index (χ0v) is 17.3. The van der Waals surface area contributed by atoms with E-state index in [4.69, 9.17) is 0 Å². The van der Waals surface area contributed by atoms with Crippen molar-refractivity contribution < 1.29 is 9.59 Å². The molecule has 1 aromatic heterocycles. The Balaban J connectivity index is 1.45. The van der Waals surface area contributed by atoms with Gasteiger partial charge in [0.2, 0.25) is 5.91 Å². The average Bonchev–Trinajstić information content (AvgIpc) is 3.21. The Hall–Kier alpha value is -3.47. The van der Waals surface area contributed by atoms with Crippen LogP contribution in [0.25, 0.3) is 11.1 Å². The lowest BCUT2D eigenvalue weighted by molar-refractivity contribution is -0.118. The Morgan fingerprint density at radius 3 is 2.57 bits per heavy atom. The maximum absolute atomic E-state index is 12.5. The Kier molecular flexibility index (Phi) is 5.61. The lowest BCUT2D eigenvalue weighted by Crippen LogP contribution is -2.27. The number of pyridine rings is 1. The van der Waals surface area contributed by atoms with Crippen molar-refractivity contribution in [2.75, 3.05) is 11.4 Å². The first-order valence-electron chi connectivity index (χ1n) is 10.3. The van der Waals surface area contributed by atoms with Gasteiger partial charge in [0.25, 0.3) is 5.91 Å². The van der Waals surface area contributed by atoms with Crippen LogP contribution in [-0.2, 0) is 17.8 Å². The minimum Gasteiger partial charge on any atom is -0.348 e. The van der Waals surface area contributed by atoms with Gasteiger partial charge in [-0.2, -0.15) is 0 Å². The highest BCUT2D eigenvalue weighted by Crippen LogP contribution is 2.32. The largest absolute Gasteiger partial charge is 0.348 e. The first-order chi connectivity index (χ1) is 14.6. The van der Waals surface area contributed by atoms with E-state index < -0.39 is 0 Å². The standard InChI is InChI=1S/C25H25N3O2/c1-3-24(29)28-14-12-21-15-20(10-11-23(21)28)18-6-8-19(9-7-18)25(30)27-16-22-5-4-13-26-17(22)2/h4-11,13,15H,3,12,14,16H2,1-2H3,(H,27,30). The van der Waals surface area contributed by atoms with Crippen LogP contribution in [0.3, 0.4) is 0 Å². The Bertz CT molecular complexity index is 1090. The van der Waals surface area contributed by atoms with Crippen molar-refractivity contribution in [3.63, 3.8) is 0 Å². The van der Waals surface area contributed by atoms with E-state index in [0.717, 1.165) is 41.0 Å². The van der Waals surface area contributed by atoms with Gasteiger partial charge >= 0.3 is 0 Å². The molecule has 2 amide bonds. The summed E-state index contributed by atoms with van der Waals surface area (Å²) in [6.45, 7) is 5.04. The van der Waals surface area contributed by atoms with Crippen LogP contribution in [0.4, 0.5) is 5.69 Å². The minimum atomic E-state index is -0.104. The van der Waals surface area contributed by atoms with Gasteiger partial charge in [-0.05, 0) is 65.9 Å². The molecule has 0 atom stereocenters. The first kappa shape index (κ1) is 19.8. The molecule has 0 saturated carbocycles. The first-order valence-corrected chi connectivity index (χ1v) is 10.3. The summed E-state index contributed by atoms with van der Waals surface area (Å²) in [7, 11) is 0. The van der Waals surface area contributed by atoms with Gasteiger partial charge in [-0.15, -0.1) is 0 Å². The van der Waals surface area contributed by atoms with E-state index in [1.807, 2.05) is 67.3 Å². The van der Waals surface area contributed by atoms with Crippen molar-refractivity contribution in [3.8, 4) is 11.1 Å². The number of benzene rings is 2. The fourth-order valence-electron chi connectivity index (χ4n) is 3.83. The molecule has 0 unspecified atom stereocenters. The topological polar surface area (TPSA) is 62.3 Å². The second-order valence-corrected chi connectivity index (χ2v) is 7.50. The second kappa shape index (κ2) is 8.49. The maximum atomic E-state index is 12.5. The Morgan fingerprint density at radius 2 is 1.83 bits per heavy atom. The fourth-order valence-corrected chi connectivity index (χ4v) is 3.83. The molecule has 30 heavy (non-hydrogen) atoms. The molecule has 0 saturated heterocycles. The molecule has 2 heterocycles. The zero-order chi connectivity index (χ0) is 21.1. The smallest absolute Gasteiger partial charge is 0.251 e. The van der Waals surface area contributed by atoms with Crippen molar-refractivity contribution in [2.45, 2.75) is 33.2 Å². The number of nitrogens with one attached hydrogen (secondary N) is 1. The molecule has 1 aliphatic rings. The molecule has 5 nitrogen and oxygen atoms in total. The number of aromatic nitrogens is 1. The van der Waals surface area contributed by atoms with Gasteiger partial charge < -0.3 is 10.2 Å². The lowest BCUT2D eigenvalue weighted by Gasteiger charge is -2.16. The second-order valence-electron chi connectivity index (χ2n) is 7.50. The summed E-state index contributed by atoms with van der Waals surface area (Å²) in [5.74, 6) is 0.0609. The quantitative estimate of drug-likeness (QED) is 0.696. The van der Waals surface area contributed by atoms with E-state index in [0.29, 0.717) is 18.5 Å². The summed E-state index contributed by atoms with van der Waals surface area (Å²) >= 11 is 0. The lowest BCUT2D eigenvalue weighted by atomic mass is 10.0. The third kappa shape index (κ3) is 3.96. The van der Waals surface area contributed by atoms with Crippen molar-refractivity contribution in [3.05, 3.63) is 83.2 Å². The molecule has 3 aromatic rings. The molecule has 0 aliphatic carbocycles. The Morgan fingerprint density at radius 1 is 1.07 bits per heavy atom. The highest BCUT2D eigenvalue weighted by molar-refractivity contribution is 5.96. The molecular weight excluding hydrogens is 374 g/mol. The number of anilines is 1. The highest BCUT2D eigenvalue weighted by Gasteiger charge is 2.23. The van der Waals surface area contributed by atoms with Crippen molar-refractivity contribution in [1.82, 2.24) is 10.3 Å². The monoisotopic (exact) mass is 399 g/mol. The average molecular weight is 399 g/mol. The van der Waals surface area contributed by atoms with Crippen molar-refractivity contribution in [2.24, 2.45) is 0 Å². The van der Waals surface area contributed by atoms with Crippen LogP contribution in [-0.4, -0.2) is 23.3 Å². The third-order valence-corrected chi connectivity index (χ3v) is 5.61. The van der Waals surface area contributed by atoms with Crippen LogP contribution in [0, 0.1) is 6.92 Å². The van der Waals surface area contributed by atoms with Gasteiger partial charge in [0.1, 0.15) is 0 Å². The molecule has 4 rings (SSSR count).